The normalized spacial score (nSPS) is 11.4. The van der Waals surface area contributed by atoms with Gasteiger partial charge in [-0.2, -0.15) is 0 Å². The molecule has 0 aliphatic heterocycles. The first-order valence-corrected chi connectivity index (χ1v) is 7.41. The number of hydrogen-bond donors (Lipinski definition) is 0. The van der Waals surface area contributed by atoms with Crippen LogP contribution < -0.4 is 0 Å². The van der Waals surface area contributed by atoms with E-state index in [1.54, 1.807) is 4.90 Å². The van der Waals surface area contributed by atoms with Gasteiger partial charge in [0.2, 0.25) is 5.91 Å². The lowest BCUT2D eigenvalue weighted by molar-refractivity contribution is -0.129. The highest BCUT2D eigenvalue weighted by molar-refractivity contribution is 5.82. The van der Waals surface area contributed by atoms with E-state index in [1.807, 2.05) is 41.9 Å². The van der Waals surface area contributed by atoms with E-state index in [-0.39, 0.29) is 17.6 Å². The predicted molar refractivity (Wildman–Crippen MR) is 82.8 cm³/mol. The van der Waals surface area contributed by atoms with Crippen molar-refractivity contribution in [3.05, 3.63) is 0 Å². The minimum absolute atomic E-state index is 0.101. The molecule has 1 amide bonds. The van der Waals surface area contributed by atoms with Crippen LogP contribution in [0.25, 0.3) is 0 Å². The molecule has 0 rings (SSSR count). The van der Waals surface area contributed by atoms with Crippen LogP contribution in [0.2, 0.25) is 0 Å². The molecule has 0 unspecified atom stereocenters. The summed E-state index contributed by atoms with van der Waals surface area (Å²) in [4.78, 5) is 29.1. The first-order valence-electron chi connectivity index (χ1n) is 7.41. The molecule has 5 nitrogen and oxygen atoms in total. The monoisotopic (exact) mass is 285 g/mol. The van der Waals surface area contributed by atoms with Crippen molar-refractivity contribution in [2.75, 3.05) is 53.9 Å². The summed E-state index contributed by atoms with van der Waals surface area (Å²) in [5.74, 6) is 0.561. The quantitative estimate of drug-likeness (QED) is 0.599. The Kier molecular flexibility index (Phi) is 9.42. The third kappa shape index (κ3) is 8.27. The summed E-state index contributed by atoms with van der Waals surface area (Å²) in [5.41, 5.74) is 0. The molecule has 118 valence electrons. The van der Waals surface area contributed by atoms with Gasteiger partial charge in [0, 0.05) is 45.6 Å². The molecular formula is C15H31N3O2. The molecule has 0 radical (unpaired) electrons. The largest absolute Gasteiger partial charge is 0.344 e. The number of hydrogen-bond acceptors (Lipinski definition) is 4. The van der Waals surface area contributed by atoms with Crippen LogP contribution in [-0.2, 0) is 9.59 Å². The SMILES string of the molecule is CCC(=O)N(C)CCN(C)CCN(C)CC(=O)C(C)C. The molecule has 0 aromatic rings. The molecule has 20 heavy (non-hydrogen) atoms. The Balaban J connectivity index is 3.85. The van der Waals surface area contributed by atoms with Crippen LogP contribution in [0.4, 0.5) is 0 Å². The number of carbonyl (C=O) groups excluding carboxylic acids is 2. The number of carbonyl (C=O) groups is 2. The number of Topliss-reactive ketones (excluding diaryl/α,β-unsaturated/α-hetero) is 1. The van der Waals surface area contributed by atoms with Crippen LogP contribution in [0, 0.1) is 5.92 Å². The van der Waals surface area contributed by atoms with Crippen LogP contribution in [0.3, 0.4) is 0 Å². The van der Waals surface area contributed by atoms with Crippen molar-refractivity contribution < 1.29 is 9.59 Å². The fourth-order valence-corrected chi connectivity index (χ4v) is 1.70. The average molecular weight is 285 g/mol. The Morgan fingerprint density at radius 2 is 1.40 bits per heavy atom. The molecule has 0 heterocycles. The van der Waals surface area contributed by atoms with E-state index >= 15 is 0 Å². The van der Waals surface area contributed by atoms with E-state index < -0.39 is 0 Å². The molecule has 0 bridgehead atoms. The van der Waals surface area contributed by atoms with Crippen LogP contribution in [0.15, 0.2) is 0 Å². The molecule has 0 aromatic carbocycles. The van der Waals surface area contributed by atoms with E-state index in [9.17, 15) is 9.59 Å². The summed E-state index contributed by atoms with van der Waals surface area (Å²) in [6.07, 6.45) is 0.556. The topological polar surface area (TPSA) is 43.9 Å². The minimum Gasteiger partial charge on any atom is -0.344 e. The van der Waals surface area contributed by atoms with Gasteiger partial charge in [-0.15, -0.1) is 0 Å². The van der Waals surface area contributed by atoms with Crippen molar-refractivity contribution in [3.8, 4) is 0 Å². The first-order chi connectivity index (χ1) is 9.27. The third-order valence-corrected chi connectivity index (χ3v) is 3.48. The number of amides is 1. The zero-order valence-corrected chi connectivity index (χ0v) is 14.0. The molecule has 5 heteroatoms. The van der Waals surface area contributed by atoms with Crippen molar-refractivity contribution in [2.24, 2.45) is 5.92 Å². The second kappa shape index (κ2) is 9.88. The Labute approximate surface area is 123 Å². The van der Waals surface area contributed by atoms with Crippen LogP contribution in [0.1, 0.15) is 27.2 Å². The van der Waals surface area contributed by atoms with Crippen molar-refractivity contribution in [1.29, 1.82) is 0 Å². The van der Waals surface area contributed by atoms with Gasteiger partial charge in [0.05, 0.1) is 6.54 Å². The summed E-state index contributed by atoms with van der Waals surface area (Å²) in [6.45, 7) is 9.62. The van der Waals surface area contributed by atoms with Gasteiger partial charge < -0.3 is 9.80 Å². The molecule has 0 aliphatic rings. The Morgan fingerprint density at radius 3 is 1.90 bits per heavy atom. The summed E-state index contributed by atoms with van der Waals surface area (Å²) < 4.78 is 0. The molecule has 0 saturated carbocycles. The lowest BCUT2D eigenvalue weighted by Gasteiger charge is -2.24. The zero-order chi connectivity index (χ0) is 15.7. The molecular weight excluding hydrogens is 254 g/mol. The number of nitrogens with zero attached hydrogens (tertiary/aromatic N) is 3. The van der Waals surface area contributed by atoms with Crippen molar-refractivity contribution in [3.63, 3.8) is 0 Å². The maximum absolute atomic E-state index is 11.6. The Morgan fingerprint density at radius 1 is 0.900 bits per heavy atom. The number of rotatable bonds is 10. The molecule has 0 N–H and O–H groups in total. The highest BCUT2D eigenvalue weighted by Crippen LogP contribution is 1.97. The van der Waals surface area contributed by atoms with Gasteiger partial charge in [-0.1, -0.05) is 20.8 Å². The average Bonchev–Trinajstić information content (AvgIpc) is 2.41. The van der Waals surface area contributed by atoms with Crippen molar-refractivity contribution in [1.82, 2.24) is 14.7 Å². The van der Waals surface area contributed by atoms with E-state index in [2.05, 4.69) is 9.80 Å². The van der Waals surface area contributed by atoms with E-state index in [4.69, 9.17) is 0 Å². The van der Waals surface area contributed by atoms with Crippen LogP contribution >= 0.6 is 0 Å². The van der Waals surface area contributed by atoms with E-state index in [0.717, 1.165) is 26.2 Å². The second-order valence-electron chi connectivity index (χ2n) is 5.83. The van der Waals surface area contributed by atoms with Gasteiger partial charge in [-0.05, 0) is 14.1 Å². The van der Waals surface area contributed by atoms with Crippen LogP contribution in [-0.4, -0.2) is 80.3 Å². The minimum atomic E-state index is 0.101. The summed E-state index contributed by atoms with van der Waals surface area (Å²) in [7, 11) is 5.86. The maximum Gasteiger partial charge on any atom is 0.222 e. The summed E-state index contributed by atoms with van der Waals surface area (Å²) in [6, 6.07) is 0. The smallest absolute Gasteiger partial charge is 0.222 e. The summed E-state index contributed by atoms with van der Waals surface area (Å²) >= 11 is 0. The predicted octanol–water partition coefficient (Wildman–Crippen LogP) is 0.944. The fraction of sp³-hybridized carbons (Fsp3) is 0.867. The Hall–Kier alpha value is -0.940. The lowest BCUT2D eigenvalue weighted by atomic mass is 10.1. The molecule has 0 spiro atoms. The molecule has 0 atom stereocenters. The number of likely N-dealkylation sites (N-methyl/N-ethyl adjacent to an activating group) is 3. The van der Waals surface area contributed by atoms with E-state index in [0.29, 0.717) is 13.0 Å². The van der Waals surface area contributed by atoms with Gasteiger partial charge >= 0.3 is 0 Å². The summed E-state index contributed by atoms with van der Waals surface area (Å²) in [5, 5.41) is 0. The second-order valence-corrected chi connectivity index (χ2v) is 5.83. The first kappa shape index (κ1) is 19.1. The maximum atomic E-state index is 11.6. The van der Waals surface area contributed by atoms with Crippen molar-refractivity contribution >= 4 is 11.7 Å². The fourth-order valence-electron chi connectivity index (χ4n) is 1.70. The Bertz CT molecular complexity index is 305. The van der Waals surface area contributed by atoms with E-state index in [1.165, 1.54) is 0 Å². The molecule has 0 fully saturated rings. The molecule has 0 aliphatic carbocycles. The number of ketones is 1. The van der Waals surface area contributed by atoms with Crippen molar-refractivity contribution in [2.45, 2.75) is 27.2 Å². The zero-order valence-electron chi connectivity index (χ0n) is 14.0. The van der Waals surface area contributed by atoms with Gasteiger partial charge in [-0.3, -0.25) is 14.5 Å². The standard InChI is InChI=1S/C15H31N3O2/c1-7-15(20)18(6)11-10-16(4)8-9-17(5)12-14(19)13(2)3/h13H,7-12H2,1-6H3. The van der Waals surface area contributed by atoms with Crippen LogP contribution in [0.5, 0.6) is 0 Å². The van der Waals surface area contributed by atoms with Gasteiger partial charge in [0.1, 0.15) is 5.78 Å². The molecule has 0 saturated heterocycles. The highest BCUT2D eigenvalue weighted by Gasteiger charge is 2.11. The highest BCUT2D eigenvalue weighted by atomic mass is 16.2. The lowest BCUT2D eigenvalue weighted by Crippen LogP contribution is -2.38. The third-order valence-electron chi connectivity index (χ3n) is 3.48. The van der Waals surface area contributed by atoms with Gasteiger partial charge in [-0.25, -0.2) is 0 Å². The molecule has 0 aromatic heterocycles. The van der Waals surface area contributed by atoms with Gasteiger partial charge in [0.25, 0.3) is 0 Å². The van der Waals surface area contributed by atoms with Gasteiger partial charge in [0.15, 0.2) is 0 Å².